The first-order valence-electron chi connectivity index (χ1n) is 12.0. The third kappa shape index (κ3) is 4.67. The number of Topliss-reactive ketones (excluding diaryl/α,β-unsaturated/α-hetero) is 1. The molecule has 3 aromatic rings. The van der Waals surface area contributed by atoms with Gasteiger partial charge in [0.05, 0.1) is 11.0 Å². The first-order chi connectivity index (χ1) is 19.7. The summed E-state index contributed by atoms with van der Waals surface area (Å²) in [4.78, 5) is 72.6. The number of hydrogen-bond acceptors (Lipinski definition) is 12. The molecule has 4 heterocycles. The molecule has 2 aromatic heterocycles. The lowest BCUT2D eigenvalue weighted by atomic mass is 10.0. The number of nitrogens with two attached hydrogens (primary N) is 1. The van der Waals surface area contributed by atoms with Gasteiger partial charge in [0.25, 0.3) is 17.8 Å². The van der Waals surface area contributed by atoms with E-state index < -0.39 is 41.1 Å². The maximum absolute atomic E-state index is 13.2. The number of aliphatic carboxylic acids is 1. The van der Waals surface area contributed by atoms with Crippen molar-refractivity contribution in [3.8, 4) is 0 Å². The minimum Gasteiger partial charge on any atom is -0.477 e. The Morgan fingerprint density at radius 2 is 2.10 bits per heavy atom. The smallest absolute Gasteiger partial charge is 0.352 e. The van der Waals surface area contributed by atoms with Gasteiger partial charge in [-0.05, 0) is 13.0 Å². The van der Waals surface area contributed by atoms with Gasteiger partial charge in [0.15, 0.2) is 17.7 Å². The Kier molecular flexibility index (Phi) is 7.23. The van der Waals surface area contributed by atoms with Gasteiger partial charge in [0.1, 0.15) is 36.2 Å². The molecule has 4 N–H and O–H groups in total. The van der Waals surface area contributed by atoms with E-state index in [1.807, 2.05) is 0 Å². The van der Waals surface area contributed by atoms with Gasteiger partial charge in [0, 0.05) is 28.6 Å². The normalized spacial score (nSPS) is 19.3. The number of carbonyl (C=O) groups excluding carboxylic acids is 3. The fraction of sp³-hybridized carbons (Fsp3) is 0.240. The predicted octanol–water partition coefficient (Wildman–Crippen LogP) is 0.954. The number of aromatic nitrogens is 2. The highest BCUT2D eigenvalue weighted by Crippen LogP contribution is 2.43. The largest absolute Gasteiger partial charge is 0.477 e. The van der Waals surface area contributed by atoms with Gasteiger partial charge in [-0.25, -0.2) is 4.79 Å². The second-order valence-corrected chi connectivity index (χ2v) is 10.0. The molecule has 210 valence electrons. The highest BCUT2D eigenvalue weighted by atomic mass is 32.2. The van der Waals surface area contributed by atoms with E-state index in [4.69, 9.17) is 15.0 Å². The van der Waals surface area contributed by atoms with Crippen molar-refractivity contribution in [2.45, 2.75) is 24.5 Å². The van der Waals surface area contributed by atoms with Gasteiger partial charge in [-0.1, -0.05) is 17.3 Å². The Bertz CT molecular complexity index is 1680. The number of amides is 2. The standard InChI is InChI=1S/C25H21N7O8S/c1-11(33)12-5-3-7-16-13(12)6-4-8-31(16)20(29-38)14-10-41-23-18(22(35)32(23)19(14)24(36)37)28-21(34)17(30-39-2)15-9-40-25(26)27-15/h3-9,18,20,23H,10H2,1-2H3,(H3-,26,27,28,34,36,37)/p+1/t18?,20?,23-/m0/s1. The second kappa shape index (κ2) is 10.8. The van der Waals surface area contributed by atoms with Crippen molar-refractivity contribution in [1.82, 2.24) is 15.2 Å². The summed E-state index contributed by atoms with van der Waals surface area (Å²) in [7, 11) is 1.21. The molecule has 2 aliphatic rings. The molecule has 0 spiro atoms. The number of pyridine rings is 1. The van der Waals surface area contributed by atoms with Gasteiger partial charge >= 0.3 is 12.1 Å². The number of oxazole rings is 1. The average molecular weight is 581 g/mol. The fourth-order valence-electron chi connectivity index (χ4n) is 4.81. The molecular formula is C25H22N7O8S+. The Hall–Kier alpha value is -5.12. The first-order valence-corrected chi connectivity index (χ1v) is 13.0. The van der Waals surface area contributed by atoms with Crippen molar-refractivity contribution in [2.75, 3.05) is 18.6 Å². The van der Waals surface area contributed by atoms with E-state index in [2.05, 4.69) is 20.6 Å². The van der Waals surface area contributed by atoms with E-state index in [9.17, 15) is 29.2 Å². The molecule has 0 aliphatic carbocycles. The SMILES string of the molecule is CON=C(C(=O)NC1C(=O)N2C(C(=O)O)=C(C(N=O)[n+]3cccc4c(C(C)=O)cccc43)CS[C@@H]12)c1coc(N)n1. The van der Waals surface area contributed by atoms with Crippen molar-refractivity contribution in [3.05, 3.63) is 70.2 Å². The van der Waals surface area contributed by atoms with Crippen molar-refractivity contribution in [1.29, 1.82) is 0 Å². The number of rotatable bonds is 9. The zero-order chi connectivity index (χ0) is 29.4. The number of nitrogen functional groups attached to an aromatic ring is 1. The number of β-lactam (4-membered cyclic amide) rings is 1. The summed E-state index contributed by atoms with van der Waals surface area (Å²) in [6, 6.07) is 6.99. The van der Waals surface area contributed by atoms with E-state index in [0.29, 0.717) is 16.5 Å². The maximum Gasteiger partial charge on any atom is 0.352 e. The van der Waals surface area contributed by atoms with Crippen molar-refractivity contribution < 1.29 is 38.1 Å². The third-order valence-corrected chi connectivity index (χ3v) is 7.88. The topological polar surface area (TPSA) is 211 Å². The van der Waals surface area contributed by atoms with Crippen LogP contribution in [0.2, 0.25) is 0 Å². The number of carbonyl (C=O) groups is 4. The van der Waals surface area contributed by atoms with Crippen LogP contribution < -0.4 is 15.6 Å². The fourth-order valence-corrected chi connectivity index (χ4v) is 6.18. The summed E-state index contributed by atoms with van der Waals surface area (Å²) in [6.45, 7) is 1.42. The van der Waals surface area contributed by atoms with Gasteiger partial charge in [0.2, 0.25) is 5.52 Å². The number of nitroso groups, excluding NO2 is 1. The molecule has 16 heteroatoms. The zero-order valence-corrected chi connectivity index (χ0v) is 22.3. The number of hydrogen-bond donors (Lipinski definition) is 3. The lowest BCUT2D eigenvalue weighted by Gasteiger charge is -2.49. The molecule has 1 saturated heterocycles. The van der Waals surface area contributed by atoms with Gasteiger partial charge in [-0.3, -0.25) is 19.3 Å². The molecule has 1 aromatic carbocycles. The maximum atomic E-state index is 13.2. The number of nitrogens with zero attached hydrogens (tertiary/aromatic N) is 5. The van der Waals surface area contributed by atoms with Crippen LogP contribution in [0.4, 0.5) is 6.01 Å². The summed E-state index contributed by atoms with van der Waals surface area (Å²) in [5, 5.41) is 19.3. The summed E-state index contributed by atoms with van der Waals surface area (Å²) in [5.74, 6) is -3.16. The molecule has 1 fully saturated rings. The van der Waals surface area contributed by atoms with Gasteiger partial charge < -0.3 is 25.4 Å². The van der Waals surface area contributed by atoms with Crippen LogP contribution in [0.25, 0.3) is 10.9 Å². The molecule has 0 saturated carbocycles. The number of oxime groups is 1. The van der Waals surface area contributed by atoms with Crippen LogP contribution in [0.15, 0.2) is 68.8 Å². The molecule has 2 amide bonds. The van der Waals surface area contributed by atoms with E-state index in [1.165, 1.54) is 18.6 Å². The first kappa shape index (κ1) is 27.4. The number of anilines is 1. The number of ketones is 1. The lowest BCUT2D eigenvalue weighted by Crippen LogP contribution is -2.71. The lowest BCUT2D eigenvalue weighted by molar-refractivity contribution is -0.688. The minimum atomic E-state index is -1.44. The number of carboxylic acids is 1. The Labute approximate surface area is 235 Å². The monoisotopic (exact) mass is 580 g/mol. The number of thioether (sulfide) groups is 1. The van der Waals surface area contributed by atoms with Crippen LogP contribution >= 0.6 is 11.8 Å². The minimum absolute atomic E-state index is 0.00742. The van der Waals surface area contributed by atoms with E-state index in [-0.39, 0.29) is 34.5 Å². The van der Waals surface area contributed by atoms with Crippen LogP contribution in [-0.4, -0.2) is 68.5 Å². The molecular weight excluding hydrogens is 558 g/mol. The number of fused-ring (bicyclic) bond motifs is 2. The van der Waals surface area contributed by atoms with Crippen LogP contribution in [0.1, 0.15) is 29.1 Å². The van der Waals surface area contributed by atoms with E-state index >= 15 is 0 Å². The van der Waals surface area contributed by atoms with E-state index in [1.54, 1.807) is 36.5 Å². The zero-order valence-electron chi connectivity index (χ0n) is 21.5. The summed E-state index contributed by atoms with van der Waals surface area (Å²) in [5.41, 5.74) is 5.71. The number of benzene rings is 1. The molecule has 0 bridgehead atoms. The van der Waals surface area contributed by atoms with Gasteiger partial charge in [-0.15, -0.1) is 16.7 Å². The van der Waals surface area contributed by atoms with E-state index in [0.717, 1.165) is 22.9 Å². The highest BCUT2D eigenvalue weighted by Gasteiger charge is 2.56. The van der Waals surface area contributed by atoms with Crippen molar-refractivity contribution in [3.63, 3.8) is 0 Å². The highest BCUT2D eigenvalue weighted by molar-refractivity contribution is 8.00. The van der Waals surface area contributed by atoms with Crippen molar-refractivity contribution >= 4 is 58.0 Å². The van der Waals surface area contributed by atoms with Crippen LogP contribution in [0.3, 0.4) is 0 Å². The Balaban J connectivity index is 1.48. The molecule has 41 heavy (non-hydrogen) atoms. The Morgan fingerprint density at radius 3 is 2.73 bits per heavy atom. The average Bonchev–Trinajstić information content (AvgIpc) is 3.39. The van der Waals surface area contributed by atoms with Crippen molar-refractivity contribution in [2.24, 2.45) is 10.3 Å². The third-order valence-electron chi connectivity index (χ3n) is 6.57. The molecule has 15 nitrogen and oxygen atoms in total. The van der Waals surface area contributed by atoms with Crippen LogP contribution in [0, 0.1) is 4.91 Å². The van der Waals surface area contributed by atoms with Crippen LogP contribution in [0.5, 0.6) is 0 Å². The summed E-state index contributed by atoms with van der Waals surface area (Å²) >= 11 is 1.15. The molecule has 2 aliphatic heterocycles. The second-order valence-electron chi connectivity index (χ2n) is 8.92. The molecule has 5 rings (SSSR count). The summed E-state index contributed by atoms with van der Waals surface area (Å²) < 4.78 is 6.37. The quantitative estimate of drug-likeness (QED) is 0.0810. The molecule has 2 unspecified atom stereocenters. The number of carboxylic acid groups (broad SMARTS) is 1. The van der Waals surface area contributed by atoms with Gasteiger partial charge in [-0.2, -0.15) is 9.55 Å². The Morgan fingerprint density at radius 1 is 1.32 bits per heavy atom. The number of nitrogens with one attached hydrogen (secondary N) is 1. The predicted molar refractivity (Wildman–Crippen MR) is 143 cm³/mol. The molecule has 3 atom stereocenters. The van der Waals surface area contributed by atoms with Crippen LogP contribution in [-0.2, 0) is 19.2 Å². The molecule has 0 radical (unpaired) electrons. The summed E-state index contributed by atoms with van der Waals surface area (Å²) in [6.07, 6.45) is 1.31.